The van der Waals surface area contributed by atoms with Crippen LogP contribution in [0.5, 0.6) is 0 Å². The first-order valence-electron chi connectivity index (χ1n) is 7.76. The number of rotatable bonds is 6. The Morgan fingerprint density at radius 3 is 2.44 bits per heavy atom. The van der Waals surface area contributed by atoms with Gasteiger partial charge in [0, 0.05) is 25.8 Å². The van der Waals surface area contributed by atoms with Crippen LogP contribution in [0.4, 0.5) is 0 Å². The van der Waals surface area contributed by atoms with Crippen LogP contribution in [0.3, 0.4) is 0 Å². The first kappa shape index (κ1) is 19.3. The van der Waals surface area contributed by atoms with Crippen LogP contribution >= 0.6 is 12.2 Å². The molecule has 0 radical (unpaired) electrons. The zero-order chi connectivity index (χ0) is 18.6. The predicted molar refractivity (Wildman–Crippen MR) is 99.3 cm³/mol. The summed E-state index contributed by atoms with van der Waals surface area (Å²) in [7, 11) is -1.95. The van der Waals surface area contributed by atoms with Crippen LogP contribution in [0.2, 0.25) is 0 Å². The lowest BCUT2D eigenvalue weighted by Crippen LogP contribution is -2.33. The second-order valence-corrected chi connectivity index (χ2v) is 8.26. The Hall–Kier alpha value is -2.03. The van der Waals surface area contributed by atoms with Crippen molar-refractivity contribution >= 4 is 28.1 Å². The van der Waals surface area contributed by atoms with E-state index < -0.39 is 10.0 Å². The molecule has 2 N–H and O–H groups in total. The van der Waals surface area contributed by atoms with E-state index in [1.54, 1.807) is 49.6 Å². The molecule has 2 rings (SSSR count). The summed E-state index contributed by atoms with van der Waals surface area (Å²) in [4.78, 5) is 15.2. The highest BCUT2D eigenvalue weighted by Gasteiger charge is 2.22. The van der Waals surface area contributed by atoms with Gasteiger partial charge in [0.1, 0.15) is 4.64 Å². The highest BCUT2D eigenvalue weighted by Crippen LogP contribution is 2.17. The Labute approximate surface area is 152 Å². The molecule has 1 aromatic heterocycles. The van der Waals surface area contributed by atoms with Crippen molar-refractivity contribution in [2.24, 2.45) is 0 Å². The number of amides is 1. The second kappa shape index (κ2) is 7.90. The minimum Gasteiger partial charge on any atom is -0.352 e. The Balaban J connectivity index is 2.07. The van der Waals surface area contributed by atoms with Crippen LogP contribution in [-0.4, -0.2) is 36.7 Å². The third kappa shape index (κ3) is 4.53. The average molecular weight is 380 g/mol. The van der Waals surface area contributed by atoms with E-state index in [4.69, 9.17) is 12.2 Å². The van der Waals surface area contributed by atoms with Crippen molar-refractivity contribution in [1.82, 2.24) is 14.6 Å². The molecule has 1 aromatic carbocycles. The molecule has 1 heterocycles. The summed E-state index contributed by atoms with van der Waals surface area (Å²) in [5.74, 6) is -0.280. The number of carbonyl (C=O) groups excluding carboxylic acids is 1. The summed E-state index contributed by atoms with van der Waals surface area (Å²) >= 11 is 5.07. The number of H-pyrrole nitrogens is 1. The summed E-state index contributed by atoms with van der Waals surface area (Å²) < 4.78 is 26.5. The van der Waals surface area contributed by atoms with Gasteiger partial charge < -0.3 is 10.3 Å². The van der Waals surface area contributed by atoms with Gasteiger partial charge in [-0.25, -0.2) is 8.42 Å². The molecule has 0 aliphatic carbocycles. The normalized spacial score (nSPS) is 11.7. The Kier molecular flexibility index (Phi) is 6.10. The maximum atomic E-state index is 12.4. The lowest BCUT2D eigenvalue weighted by Gasteiger charge is -2.21. The second-order valence-electron chi connectivity index (χ2n) is 5.85. The summed E-state index contributed by atoms with van der Waals surface area (Å²) in [6.07, 6.45) is 1.66. The molecule has 0 spiro atoms. The van der Waals surface area contributed by atoms with Gasteiger partial charge in [0.05, 0.1) is 10.5 Å². The number of nitrogens with one attached hydrogen (secondary N) is 2. The Bertz CT molecular complexity index is 903. The van der Waals surface area contributed by atoms with Crippen LogP contribution < -0.4 is 5.32 Å². The van der Waals surface area contributed by atoms with E-state index >= 15 is 0 Å². The van der Waals surface area contributed by atoms with E-state index in [-0.39, 0.29) is 23.4 Å². The number of sulfonamides is 1. The van der Waals surface area contributed by atoms with Crippen molar-refractivity contribution in [3.05, 3.63) is 58.4 Å². The number of aromatic nitrogens is 1. The van der Waals surface area contributed by atoms with E-state index in [0.717, 1.165) is 5.56 Å². The fraction of sp³-hybridized carbons (Fsp3) is 0.294. The molecule has 0 aliphatic heterocycles. The van der Waals surface area contributed by atoms with E-state index in [9.17, 15) is 13.2 Å². The van der Waals surface area contributed by atoms with Gasteiger partial charge in [-0.15, -0.1) is 0 Å². The third-order valence-electron chi connectivity index (χ3n) is 3.84. The number of hydrogen-bond donors (Lipinski definition) is 2. The fourth-order valence-electron chi connectivity index (χ4n) is 2.10. The summed E-state index contributed by atoms with van der Waals surface area (Å²) in [5.41, 5.74) is 1.19. The van der Waals surface area contributed by atoms with Crippen molar-refractivity contribution in [3.63, 3.8) is 0 Å². The smallest absolute Gasteiger partial charge is 0.254 e. The van der Waals surface area contributed by atoms with Crippen molar-refractivity contribution in [1.29, 1.82) is 0 Å². The Morgan fingerprint density at radius 2 is 1.88 bits per heavy atom. The maximum Gasteiger partial charge on any atom is 0.254 e. The van der Waals surface area contributed by atoms with Gasteiger partial charge in [-0.2, -0.15) is 4.31 Å². The molecule has 0 aliphatic rings. The standard InChI is InChI=1S/C17H21N3O3S2/c1-12(2)20(3)25(22,23)14-8-6-13(7-9-14)11-19-16(21)15-5-4-10-18-17(15)24/h4-10,12H,11H2,1-3H3,(H,18,24)(H,19,21). The highest BCUT2D eigenvalue weighted by atomic mass is 32.2. The zero-order valence-corrected chi connectivity index (χ0v) is 15.9. The lowest BCUT2D eigenvalue weighted by atomic mass is 10.2. The van der Waals surface area contributed by atoms with Crippen molar-refractivity contribution in [3.8, 4) is 0 Å². The van der Waals surface area contributed by atoms with E-state index in [0.29, 0.717) is 10.2 Å². The summed E-state index contributed by atoms with van der Waals surface area (Å²) in [6, 6.07) is 9.69. The Morgan fingerprint density at radius 1 is 1.24 bits per heavy atom. The molecule has 0 saturated carbocycles. The van der Waals surface area contributed by atoms with Crippen molar-refractivity contribution < 1.29 is 13.2 Å². The number of aromatic amines is 1. The molecule has 0 atom stereocenters. The first-order chi connectivity index (χ1) is 11.7. The largest absolute Gasteiger partial charge is 0.352 e. The maximum absolute atomic E-state index is 12.4. The average Bonchev–Trinajstić information content (AvgIpc) is 2.59. The number of pyridine rings is 1. The predicted octanol–water partition coefficient (Wildman–Crippen LogP) is 2.70. The molecule has 1 amide bonds. The van der Waals surface area contributed by atoms with Crippen LogP contribution in [-0.2, 0) is 16.6 Å². The third-order valence-corrected chi connectivity index (χ3v) is 6.23. The van der Waals surface area contributed by atoms with E-state index in [2.05, 4.69) is 10.3 Å². The molecular weight excluding hydrogens is 358 g/mol. The quantitative estimate of drug-likeness (QED) is 0.756. The first-order valence-corrected chi connectivity index (χ1v) is 9.61. The molecule has 0 fully saturated rings. The van der Waals surface area contributed by atoms with Gasteiger partial charge in [0.15, 0.2) is 0 Å². The minimum absolute atomic E-state index is 0.126. The van der Waals surface area contributed by atoms with Crippen molar-refractivity contribution in [2.45, 2.75) is 31.3 Å². The van der Waals surface area contributed by atoms with Gasteiger partial charge in [-0.3, -0.25) is 4.79 Å². The molecule has 0 saturated heterocycles. The van der Waals surface area contributed by atoms with Crippen molar-refractivity contribution in [2.75, 3.05) is 7.05 Å². The molecule has 134 valence electrons. The molecular formula is C17H21N3O3S2. The number of hydrogen-bond acceptors (Lipinski definition) is 4. The molecule has 25 heavy (non-hydrogen) atoms. The molecule has 8 heteroatoms. The van der Waals surface area contributed by atoms with Gasteiger partial charge in [-0.05, 0) is 43.7 Å². The highest BCUT2D eigenvalue weighted by molar-refractivity contribution is 7.89. The molecule has 0 bridgehead atoms. The van der Waals surface area contributed by atoms with Crippen LogP contribution in [0.1, 0.15) is 29.8 Å². The monoisotopic (exact) mass is 379 g/mol. The molecule has 6 nitrogen and oxygen atoms in total. The van der Waals surface area contributed by atoms with Crippen LogP contribution in [0.25, 0.3) is 0 Å². The number of carbonyl (C=O) groups is 1. The lowest BCUT2D eigenvalue weighted by molar-refractivity contribution is 0.0950. The fourth-order valence-corrected chi connectivity index (χ4v) is 3.70. The van der Waals surface area contributed by atoms with E-state index in [1.807, 2.05) is 13.8 Å². The number of nitrogens with zero attached hydrogens (tertiary/aromatic N) is 1. The van der Waals surface area contributed by atoms with Gasteiger partial charge in [0.2, 0.25) is 10.0 Å². The SMILES string of the molecule is CC(C)N(C)S(=O)(=O)c1ccc(CNC(=O)c2ccc[nH]c2=S)cc1. The zero-order valence-electron chi connectivity index (χ0n) is 14.3. The summed E-state index contributed by atoms with van der Waals surface area (Å²) in [6.45, 7) is 3.91. The molecule has 2 aromatic rings. The molecule has 0 unspecified atom stereocenters. The van der Waals surface area contributed by atoms with Gasteiger partial charge in [-0.1, -0.05) is 24.4 Å². The van der Waals surface area contributed by atoms with Crippen LogP contribution in [0.15, 0.2) is 47.5 Å². The van der Waals surface area contributed by atoms with Gasteiger partial charge >= 0.3 is 0 Å². The van der Waals surface area contributed by atoms with E-state index in [1.165, 1.54) is 4.31 Å². The minimum atomic E-state index is -3.51. The van der Waals surface area contributed by atoms with Crippen LogP contribution in [0, 0.1) is 4.64 Å². The number of benzene rings is 1. The summed E-state index contributed by atoms with van der Waals surface area (Å²) in [5, 5.41) is 2.77. The van der Waals surface area contributed by atoms with Gasteiger partial charge in [0.25, 0.3) is 5.91 Å². The topological polar surface area (TPSA) is 82.3 Å².